The maximum atomic E-state index is 10.3. The summed E-state index contributed by atoms with van der Waals surface area (Å²) in [6, 6.07) is 0. The first kappa shape index (κ1) is 8.88. The molecular formula is C6H13O3. The van der Waals surface area contributed by atoms with Crippen molar-refractivity contribution < 1.29 is 14.6 Å². The summed E-state index contributed by atoms with van der Waals surface area (Å²) in [5.41, 5.74) is 0. The first-order chi connectivity index (χ1) is 4.26. The van der Waals surface area contributed by atoms with Gasteiger partial charge < -0.3 is 9.47 Å². The molecule has 0 aliphatic carbocycles. The molecule has 0 aromatic carbocycles. The van der Waals surface area contributed by atoms with Gasteiger partial charge in [-0.2, -0.15) is 0 Å². The molecule has 2 atom stereocenters. The third-order valence-corrected chi connectivity index (χ3v) is 1.36. The van der Waals surface area contributed by atoms with Crippen molar-refractivity contribution in [3.05, 3.63) is 0 Å². The molecule has 1 radical (unpaired) electrons. The Bertz CT molecular complexity index is 61.3. The normalized spacial score (nSPS) is 17.3. The van der Waals surface area contributed by atoms with Crippen molar-refractivity contribution in [2.24, 2.45) is 0 Å². The minimum atomic E-state index is -0.310. The lowest BCUT2D eigenvalue weighted by Crippen LogP contribution is -2.29. The maximum absolute atomic E-state index is 10.3. The van der Waals surface area contributed by atoms with Gasteiger partial charge in [0.2, 0.25) is 0 Å². The van der Waals surface area contributed by atoms with E-state index in [2.05, 4.69) is 0 Å². The van der Waals surface area contributed by atoms with Crippen LogP contribution in [0.25, 0.3) is 0 Å². The molecule has 2 unspecified atom stereocenters. The molecule has 0 fully saturated rings. The molecule has 0 aliphatic rings. The van der Waals surface area contributed by atoms with Crippen LogP contribution in [0.3, 0.4) is 0 Å². The third-order valence-electron chi connectivity index (χ3n) is 1.36. The largest absolute Gasteiger partial charge is 0.379 e. The van der Waals surface area contributed by atoms with Gasteiger partial charge in [0.25, 0.3) is 0 Å². The summed E-state index contributed by atoms with van der Waals surface area (Å²) in [5, 5.41) is 10.3. The second-order valence-electron chi connectivity index (χ2n) is 1.88. The molecular weight excluding hydrogens is 120 g/mol. The van der Waals surface area contributed by atoms with Crippen LogP contribution in [-0.4, -0.2) is 33.0 Å². The Balaban J connectivity index is 3.50. The molecule has 0 spiro atoms. The van der Waals surface area contributed by atoms with E-state index >= 15 is 0 Å². The lowest BCUT2D eigenvalue weighted by atomic mass is 10.2. The predicted molar refractivity (Wildman–Crippen MR) is 32.8 cm³/mol. The van der Waals surface area contributed by atoms with Crippen LogP contribution in [-0.2, 0) is 14.6 Å². The van der Waals surface area contributed by atoms with Crippen molar-refractivity contribution in [3.63, 3.8) is 0 Å². The Labute approximate surface area is 55.6 Å². The zero-order valence-electron chi connectivity index (χ0n) is 6.09. The summed E-state index contributed by atoms with van der Waals surface area (Å²) in [6.07, 6.45) is -0.414. The Hall–Kier alpha value is -0.120. The van der Waals surface area contributed by atoms with Crippen LogP contribution in [0.4, 0.5) is 0 Å². The van der Waals surface area contributed by atoms with E-state index in [1.54, 1.807) is 7.11 Å². The van der Waals surface area contributed by atoms with E-state index in [0.29, 0.717) is 0 Å². The number of hydrogen-bond acceptors (Lipinski definition) is 2. The molecule has 0 aromatic rings. The molecule has 0 N–H and O–H groups in total. The van der Waals surface area contributed by atoms with Gasteiger partial charge in [0.15, 0.2) is 0 Å². The van der Waals surface area contributed by atoms with E-state index in [1.807, 2.05) is 6.92 Å². The lowest BCUT2D eigenvalue weighted by molar-refractivity contribution is -0.0648. The topological polar surface area (TPSA) is 38.4 Å². The fourth-order valence-electron chi connectivity index (χ4n) is 0.547. The SMILES string of the molecule is COC(C)C(C[O])OC. The van der Waals surface area contributed by atoms with Crippen LogP contribution in [0.2, 0.25) is 0 Å². The van der Waals surface area contributed by atoms with Gasteiger partial charge in [0.05, 0.1) is 6.10 Å². The van der Waals surface area contributed by atoms with E-state index in [-0.39, 0.29) is 18.8 Å². The van der Waals surface area contributed by atoms with Gasteiger partial charge in [0, 0.05) is 14.2 Å². The van der Waals surface area contributed by atoms with Crippen molar-refractivity contribution in [2.75, 3.05) is 20.8 Å². The Morgan fingerprint density at radius 3 is 2.00 bits per heavy atom. The highest BCUT2D eigenvalue weighted by molar-refractivity contribution is 4.62. The zero-order chi connectivity index (χ0) is 7.28. The predicted octanol–water partition coefficient (Wildman–Crippen LogP) is 0.467. The fourth-order valence-corrected chi connectivity index (χ4v) is 0.547. The number of ether oxygens (including phenoxy) is 2. The Kier molecular flexibility index (Phi) is 4.67. The summed E-state index contributed by atoms with van der Waals surface area (Å²) < 4.78 is 9.68. The van der Waals surface area contributed by atoms with E-state index in [4.69, 9.17) is 9.47 Å². The first-order valence-corrected chi connectivity index (χ1v) is 2.90. The van der Waals surface area contributed by atoms with Crippen LogP contribution in [0.5, 0.6) is 0 Å². The van der Waals surface area contributed by atoms with Crippen molar-refractivity contribution >= 4 is 0 Å². The van der Waals surface area contributed by atoms with E-state index in [1.165, 1.54) is 7.11 Å². The summed E-state index contributed by atoms with van der Waals surface area (Å²) >= 11 is 0. The van der Waals surface area contributed by atoms with Crippen LogP contribution in [0.15, 0.2) is 0 Å². The quantitative estimate of drug-likeness (QED) is 0.559. The highest BCUT2D eigenvalue weighted by Crippen LogP contribution is 1.99. The van der Waals surface area contributed by atoms with Crippen LogP contribution in [0, 0.1) is 0 Å². The smallest absolute Gasteiger partial charge is 0.111 e. The van der Waals surface area contributed by atoms with Crippen LogP contribution in [0.1, 0.15) is 6.92 Å². The number of methoxy groups -OCH3 is 2. The van der Waals surface area contributed by atoms with Crippen molar-refractivity contribution in [1.82, 2.24) is 0 Å². The van der Waals surface area contributed by atoms with Gasteiger partial charge in [-0.25, -0.2) is 5.11 Å². The molecule has 0 heterocycles. The van der Waals surface area contributed by atoms with Crippen molar-refractivity contribution in [3.8, 4) is 0 Å². The second kappa shape index (κ2) is 4.73. The first-order valence-electron chi connectivity index (χ1n) is 2.90. The van der Waals surface area contributed by atoms with E-state index < -0.39 is 0 Å². The standard InChI is InChI=1S/C6H13O3/c1-5(8-2)6(4-7)9-3/h5-6H,4H2,1-3H3. The third kappa shape index (κ3) is 2.79. The molecule has 0 saturated carbocycles. The zero-order valence-corrected chi connectivity index (χ0v) is 6.09. The van der Waals surface area contributed by atoms with Gasteiger partial charge in [-0.1, -0.05) is 0 Å². The fraction of sp³-hybridized carbons (Fsp3) is 1.00. The molecule has 3 heteroatoms. The Morgan fingerprint density at radius 1 is 1.33 bits per heavy atom. The molecule has 0 aliphatic heterocycles. The molecule has 3 nitrogen and oxygen atoms in total. The van der Waals surface area contributed by atoms with Gasteiger partial charge in [-0.15, -0.1) is 0 Å². The van der Waals surface area contributed by atoms with Gasteiger partial charge in [0.1, 0.15) is 12.7 Å². The van der Waals surface area contributed by atoms with E-state index in [9.17, 15) is 5.11 Å². The number of rotatable bonds is 4. The molecule has 0 bridgehead atoms. The van der Waals surface area contributed by atoms with Crippen molar-refractivity contribution in [1.29, 1.82) is 0 Å². The summed E-state index contributed by atoms with van der Waals surface area (Å²) in [6.45, 7) is 1.57. The summed E-state index contributed by atoms with van der Waals surface area (Å²) in [5.74, 6) is 0. The molecule has 0 amide bonds. The van der Waals surface area contributed by atoms with Gasteiger partial charge in [-0.3, -0.25) is 0 Å². The van der Waals surface area contributed by atoms with E-state index in [0.717, 1.165) is 0 Å². The minimum Gasteiger partial charge on any atom is -0.379 e. The van der Waals surface area contributed by atoms with Gasteiger partial charge >= 0.3 is 0 Å². The Morgan fingerprint density at radius 2 is 1.89 bits per heavy atom. The molecule has 55 valence electrons. The van der Waals surface area contributed by atoms with Crippen molar-refractivity contribution in [2.45, 2.75) is 19.1 Å². The molecule has 0 aromatic heterocycles. The second-order valence-corrected chi connectivity index (χ2v) is 1.88. The molecule has 9 heavy (non-hydrogen) atoms. The summed E-state index contributed by atoms with van der Waals surface area (Å²) in [7, 11) is 3.07. The maximum Gasteiger partial charge on any atom is 0.111 e. The van der Waals surface area contributed by atoms with Gasteiger partial charge in [-0.05, 0) is 6.92 Å². The van der Waals surface area contributed by atoms with Crippen LogP contribution >= 0.6 is 0 Å². The highest BCUT2D eigenvalue weighted by atomic mass is 16.5. The summed E-state index contributed by atoms with van der Waals surface area (Å²) in [4.78, 5) is 0. The van der Waals surface area contributed by atoms with Crippen LogP contribution < -0.4 is 0 Å². The molecule has 0 saturated heterocycles. The minimum absolute atomic E-state index is 0.104. The monoisotopic (exact) mass is 133 g/mol. The number of hydrogen-bond donors (Lipinski definition) is 0. The average molecular weight is 133 g/mol. The average Bonchev–Trinajstić information content (AvgIpc) is 1.90. The lowest BCUT2D eigenvalue weighted by Gasteiger charge is -2.17. The highest BCUT2D eigenvalue weighted by Gasteiger charge is 2.14. The molecule has 0 rings (SSSR count).